The fourth-order valence-corrected chi connectivity index (χ4v) is 4.77. The molecule has 4 rings (SSSR count). The fraction of sp³-hybridized carbons (Fsp3) is 0.261. The summed E-state index contributed by atoms with van der Waals surface area (Å²) < 4.78 is 37.0. The molecule has 0 saturated carbocycles. The van der Waals surface area contributed by atoms with Crippen LogP contribution in [0.5, 0.6) is 5.75 Å². The molecule has 14 heteroatoms. The van der Waals surface area contributed by atoms with E-state index in [-0.39, 0.29) is 93.4 Å². The van der Waals surface area contributed by atoms with Gasteiger partial charge in [-0.3, -0.25) is 9.35 Å². The summed E-state index contributed by atoms with van der Waals surface area (Å²) in [4.78, 5) is 21.8. The number of hydrogen-bond acceptors (Lipinski definition) is 8. The number of nitrogens with zero attached hydrogens (tertiary/aromatic N) is 4. The molecule has 0 unspecified atom stereocenters. The molecule has 2 aliphatic heterocycles. The Kier molecular flexibility index (Phi) is 10.5. The number of rotatable bonds is 8. The van der Waals surface area contributed by atoms with Crippen LogP contribution in [-0.2, 0) is 14.9 Å². The van der Waals surface area contributed by atoms with Crippen molar-refractivity contribution in [1.82, 2.24) is 9.88 Å². The number of fused-ring (bicyclic) bond motifs is 1. The summed E-state index contributed by atoms with van der Waals surface area (Å²) in [5.74, 6) is 0.191. The number of anilines is 2. The number of thiocarbonyl (C=S) groups is 1. The van der Waals surface area contributed by atoms with Gasteiger partial charge in [0.2, 0.25) is 0 Å². The Morgan fingerprint density at radius 2 is 1.89 bits per heavy atom. The molecule has 37 heavy (non-hydrogen) atoms. The molecule has 3 heterocycles. The van der Waals surface area contributed by atoms with Crippen LogP contribution in [0.1, 0.15) is 12.8 Å². The summed E-state index contributed by atoms with van der Waals surface area (Å²) in [6, 6.07) is 10.1. The van der Waals surface area contributed by atoms with Crippen molar-refractivity contribution in [3.05, 3.63) is 70.7 Å². The van der Waals surface area contributed by atoms with Crippen LogP contribution >= 0.6 is 23.8 Å². The predicted molar refractivity (Wildman–Crippen MR) is 144 cm³/mol. The van der Waals surface area contributed by atoms with Gasteiger partial charge in [-0.15, -0.1) is 0 Å². The molecule has 2 aromatic rings. The molecule has 1 saturated heterocycles. The van der Waals surface area contributed by atoms with Gasteiger partial charge in [0.05, 0.1) is 18.0 Å². The van der Waals surface area contributed by atoms with Crippen molar-refractivity contribution in [3.8, 4) is 5.75 Å². The number of carbonyl (C=O) groups excluding carboxylic acids is 1. The number of aromatic nitrogens is 1. The summed E-state index contributed by atoms with van der Waals surface area (Å²) in [5.41, 5.74) is 6.41. The topological polar surface area (TPSA) is 124 Å². The molecule has 0 radical (unpaired) electrons. The van der Waals surface area contributed by atoms with Crippen molar-refractivity contribution in [2.75, 3.05) is 35.2 Å². The van der Waals surface area contributed by atoms with E-state index in [4.69, 9.17) is 33.1 Å². The zero-order chi connectivity index (χ0) is 25.9. The van der Waals surface area contributed by atoms with Crippen molar-refractivity contribution >= 4 is 108 Å². The Morgan fingerprint density at radius 1 is 1.11 bits per heavy atom. The molecule has 0 atom stereocenters. The number of benzene rings is 1. The molecule has 0 bridgehead atoms. The first kappa shape index (κ1) is 30.0. The molecule has 10 nitrogen and oxygen atoms in total. The molecule has 0 spiro atoms. The van der Waals surface area contributed by atoms with Crippen LogP contribution in [0.15, 0.2) is 65.6 Å². The zero-order valence-corrected chi connectivity index (χ0v) is 21.2. The molecular formula is C23H22ClKN4O6S2. The van der Waals surface area contributed by atoms with Crippen LogP contribution < -0.4 is 14.5 Å². The van der Waals surface area contributed by atoms with Gasteiger partial charge in [-0.1, -0.05) is 17.7 Å². The number of hydrogen-bond donors (Lipinski definition) is 2. The van der Waals surface area contributed by atoms with Crippen molar-refractivity contribution in [1.29, 1.82) is 0 Å². The van der Waals surface area contributed by atoms with Crippen molar-refractivity contribution in [3.63, 3.8) is 0 Å². The fourth-order valence-electron chi connectivity index (χ4n) is 3.68. The molecular weight excluding hydrogens is 567 g/mol. The van der Waals surface area contributed by atoms with Gasteiger partial charge in [0.15, 0.2) is 16.6 Å². The average molecular weight is 589 g/mol. The second-order valence-electron chi connectivity index (χ2n) is 7.75. The standard InChI is InChI=1S/C23H21ClN4O6S2.K.H/c24-16-6-8-19-18(15-16)26(11-3-4-14-36(31,32)33)21(34-19)9-7-17-22(30)28(20-5-1-2-10-25-20)23(35)27(17)12-13-29;;/h1-2,5-6,8,10,15,29H,3-4,11-14H2,(H,31,32,33);;. The predicted octanol–water partition coefficient (Wildman–Crippen LogP) is 2.06. The molecule has 1 fully saturated rings. The molecule has 1 amide bonds. The number of ether oxygens (including phenoxy) is 1. The van der Waals surface area contributed by atoms with E-state index in [0.717, 1.165) is 0 Å². The normalized spacial score (nSPS) is 14.8. The summed E-state index contributed by atoms with van der Waals surface area (Å²) in [5, 5.41) is 10.1. The second-order valence-corrected chi connectivity index (χ2v) is 10.1. The average Bonchev–Trinajstić information content (AvgIpc) is 3.29. The number of pyridine rings is 1. The van der Waals surface area contributed by atoms with Gasteiger partial charge in [-0.25, -0.2) is 9.88 Å². The van der Waals surface area contributed by atoms with Gasteiger partial charge in [-0.2, -0.15) is 8.42 Å². The van der Waals surface area contributed by atoms with Gasteiger partial charge in [-0.05, 0) is 66.9 Å². The molecule has 2 N–H and O–H groups in total. The number of amides is 1. The molecule has 2 aliphatic rings. The Bertz CT molecular complexity index is 1410. The SMILES string of the molecule is O=C1C(=C=C=C2Oc3ccc(Cl)cc3N2CCCCS(=O)(=O)O)N(CCO)C(=S)N1c1ccccn1.[KH]. The van der Waals surface area contributed by atoms with Gasteiger partial charge in [0.25, 0.3) is 21.9 Å². The van der Waals surface area contributed by atoms with Crippen LogP contribution in [0.25, 0.3) is 0 Å². The van der Waals surface area contributed by atoms with E-state index >= 15 is 0 Å². The third-order valence-electron chi connectivity index (χ3n) is 5.29. The summed E-state index contributed by atoms with van der Waals surface area (Å²) in [7, 11) is -4.07. The van der Waals surface area contributed by atoms with Gasteiger partial charge in [0.1, 0.15) is 5.82 Å². The minimum absolute atomic E-state index is 0. The first-order valence-corrected chi connectivity index (χ1v) is 13.2. The van der Waals surface area contributed by atoms with E-state index in [0.29, 0.717) is 35.2 Å². The number of carbonyl (C=O) groups is 1. The van der Waals surface area contributed by atoms with E-state index in [9.17, 15) is 18.3 Å². The Labute approximate surface area is 267 Å². The molecule has 190 valence electrons. The Morgan fingerprint density at radius 3 is 2.57 bits per heavy atom. The quantitative estimate of drug-likeness (QED) is 0.118. The van der Waals surface area contributed by atoms with E-state index in [1.807, 2.05) is 0 Å². The number of aliphatic hydroxyl groups is 1. The maximum absolute atomic E-state index is 13.2. The molecule has 0 aliphatic carbocycles. The third-order valence-corrected chi connectivity index (χ3v) is 6.73. The first-order valence-electron chi connectivity index (χ1n) is 10.8. The van der Waals surface area contributed by atoms with Gasteiger partial charge < -0.3 is 19.6 Å². The maximum atomic E-state index is 13.2. The summed E-state index contributed by atoms with van der Waals surface area (Å²) >= 11 is 11.6. The van der Waals surface area contributed by atoms with Crippen molar-refractivity contribution in [2.45, 2.75) is 12.8 Å². The van der Waals surface area contributed by atoms with Crippen LogP contribution in [0.3, 0.4) is 0 Å². The van der Waals surface area contributed by atoms with Crippen LogP contribution in [0.2, 0.25) is 5.02 Å². The van der Waals surface area contributed by atoms with E-state index in [1.54, 1.807) is 41.3 Å². The Hall–Kier alpha value is -1.57. The van der Waals surface area contributed by atoms with Gasteiger partial charge in [0, 0.05) is 24.3 Å². The number of β-amino-alcohol motifs (C(OH)–C–C–N with tert-alkyl or cyclic N) is 1. The van der Waals surface area contributed by atoms with E-state index in [1.165, 1.54) is 16.0 Å². The second kappa shape index (κ2) is 13.0. The van der Waals surface area contributed by atoms with E-state index in [2.05, 4.69) is 16.4 Å². The van der Waals surface area contributed by atoms with Crippen LogP contribution in [0, 0.1) is 0 Å². The van der Waals surface area contributed by atoms with Gasteiger partial charge >= 0.3 is 51.4 Å². The molecule has 1 aromatic heterocycles. The number of halogens is 1. The van der Waals surface area contributed by atoms with E-state index < -0.39 is 16.0 Å². The summed E-state index contributed by atoms with van der Waals surface area (Å²) in [6.45, 7) is 0.129. The van der Waals surface area contributed by atoms with Crippen molar-refractivity contribution in [2.24, 2.45) is 0 Å². The van der Waals surface area contributed by atoms with Crippen molar-refractivity contribution < 1.29 is 27.6 Å². The molecule has 1 aromatic carbocycles. The minimum atomic E-state index is -4.07. The van der Waals surface area contributed by atoms with Crippen LogP contribution in [0.4, 0.5) is 11.5 Å². The number of unbranched alkanes of at least 4 members (excludes halogenated alkanes) is 1. The zero-order valence-electron chi connectivity index (χ0n) is 18.8. The summed E-state index contributed by atoms with van der Waals surface area (Å²) in [6.07, 6.45) is 2.17. The first-order chi connectivity index (χ1) is 17.2. The Balaban J connectivity index is 0.00000380. The van der Waals surface area contributed by atoms with Crippen LogP contribution in [-0.4, -0.2) is 116 Å². The monoisotopic (exact) mass is 588 g/mol. The number of aliphatic hydroxyl groups excluding tert-OH is 1. The third kappa shape index (κ3) is 7.10.